The van der Waals surface area contributed by atoms with Crippen molar-refractivity contribution in [3.63, 3.8) is 0 Å². The van der Waals surface area contributed by atoms with Crippen LogP contribution in [0.15, 0.2) is 24.3 Å². The number of ether oxygens (including phenoxy) is 1. The van der Waals surface area contributed by atoms with Crippen LogP contribution >= 0.6 is 0 Å². The highest BCUT2D eigenvalue weighted by Gasteiger charge is 2.24. The van der Waals surface area contributed by atoms with Crippen molar-refractivity contribution in [1.29, 1.82) is 5.26 Å². The van der Waals surface area contributed by atoms with Crippen LogP contribution in [-0.2, 0) is 4.79 Å². The summed E-state index contributed by atoms with van der Waals surface area (Å²) >= 11 is 0. The van der Waals surface area contributed by atoms with E-state index in [2.05, 4.69) is 17.9 Å². The first-order valence-corrected chi connectivity index (χ1v) is 7.12. The quantitative estimate of drug-likeness (QED) is 0.827. The first-order valence-electron chi connectivity index (χ1n) is 7.12. The van der Waals surface area contributed by atoms with Gasteiger partial charge in [-0.3, -0.25) is 9.69 Å². The molecule has 0 aliphatic carbocycles. The molecule has 1 heterocycles. The number of carbonyl (C=O) groups is 1. The van der Waals surface area contributed by atoms with Gasteiger partial charge in [-0.15, -0.1) is 0 Å². The summed E-state index contributed by atoms with van der Waals surface area (Å²) in [6.07, 6.45) is 2.05. The zero-order valence-corrected chi connectivity index (χ0v) is 11.8. The summed E-state index contributed by atoms with van der Waals surface area (Å²) in [4.78, 5) is 13.4. The maximum Gasteiger partial charge on any atom is 0.135 e. The number of piperidine rings is 1. The molecule has 4 heteroatoms. The van der Waals surface area contributed by atoms with Crippen LogP contribution in [-0.4, -0.2) is 30.4 Å². The van der Waals surface area contributed by atoms with Crippen molar-refractivity contribution >= 4 is 5.78 Å². The molecular formula is C16H20N2O2. The predicted molar refractivity (Wildman–Crippen MR) is 76.4 cm³/mol. The topological polar surface area (TPSA) is 53.3 Å². The fourth-order valence-electron chi connectivity index (χ4n) is 2.39. The summed E-state index contributed by atoms with van der Waals surface area (Å²) < 4.78 is 5.61. The zero-order chi connectivity index (χ0) is 14.4. The summed E-state index contributed by atoms with van der Waals surface area (Å²) in [6, 6.07) is 9.75. The van der Waals surface area contributed by atoms with Crippen molar-refractivity contribution in [3.05, 3.63) is 29.8 Å². The van der Waals surface area contributed by atoms with Crippen molar-refractivity contribution in [1.82, 2.24) is 4.90 Å². The lowest BCUT2D eigenvalue weighted by atomic mass is 10.0. The highest BCUT2D eigenvalue weighted by Crippen LogP contribution is 2.26. The van der Waals surface area contributed by atoms with Gasteiger partial charge in [0, 0.05) is 25.9 Å². The molecule has 20 heavy (non-hydrogen) atoms. The Morgan fingerprint density at radius 3 is 2.80 bits per heavy atom. The fraction of sp³-hybridized carbons (Fsp3) is 0.500. The molecule has 0 radical (unpaired) electrons. The Morgan fingerprint density at radius 2 is 2.15 bits per heavy atom. The van der Waals surface area contributed by atoms with Crippen LogP contribution in [0.5, 0.6) is 5.75 Å². The van der Waals surface area contributed by atoms with Gasteiger partial charge in [0.1, 0.15) is 17.6 Å². The van der Waals surface area contributed by atoms with Crippen molar-refractivity contribution in [2.75, 3.05) is 19.7 Å². The monoisotopic (exact) mass is 272 g/mol. The van der Waals surface area contributed by atoms with E-state index in [0.29, 0.717) is 32.5 Å². The average molecular weight is 272 g/mol. The highest BCUT2D eigenvalue weighted by molar-refractivity contribution is 5.79. The number of carbonyl (C=O) groups excluding carboxylic acids is 1. The molecule has 1 aliphatic heterocycles. The maximum atomic E-state index is 11.3. The molecule has 1 unspecified atom stereocenters. The lowest BCUT2D eigenvalue weighted by Crippen LogP contribution is -2.36. The average Bonchev–Trinajstić information content (AvgIpc) is 2.48. The summed E-state index contributed by atoms with van der Waals surface area (Å²) in [6.45, 7) is 4.07. The lowest BCUT2D eigenvalue weighted by Gasteiger charge is -2.30. The van der Waals surface area contributed by atoms with Gasteiger partial charge in [0.25, 0.3) is 0 Å². The largest absolute Gasteiger partial charge is 0.494 e. The number of hydrogen-bond acceptors (Lipinski definition) is 4. The normalized spacial score (nSPS) is 17.5. The van der Waals surface area contributed by atoms with Gasteiger partial charge in [-0.1, -0.05) is 19.1 Å². The minimum absolute atomic E-state index is 0.290. The second-order valence-electron chi connectivity index (χ2n) is 5.03. The Hall–Kier alpha value is -1.86. The molecule has 106 valence electrons. The second kappa shape index (κ2) is 7.06. The van der Waals surface area contributed by atoms with E-state index in [-0.39, 0.29) is 11.8 Å². The van der Waals surface area contributed by atoms with Gasteiger partial charge < -0.3 is 4.74 Å². The first kappa shape index (κ1) is 14.5. The first-order chi connectivity index (χ1) is 9.74. The molecule has 0 spiro atoms. The number of nitrogens with zero attached hydrogens (tertiary/aromatic N) is 2. The zero-order valence-electron chi connectivity index (χ0n) is 11.8. The van der Waals surface area contributed by atoms with Gasteiger partial charge in [-0.2, -0.15) is 5.26 Å². The van der Waals surface area contributed by atoms with E-state index in [1.807, 2.05) is 24.3 Å². The summed E-state index contributed by atoms with van der Waals surface area (Å²) in [5, 5.41) is 9.45. The minimum Gasteiger partial charge on any atom is -0.494 e. The van der Waals surface area contributed by atoms with Crippen molar-refractivity contribution in [2.24, 2.45) is 0 Å². The van der Waals surface area contributed by atoms with Crippen molar-refractivity contribution in [3.8, 4) is 11.8 Å². The van der Waals surface area contributed by atoms with Crippen LogP contribution in [0, 0.1) is 11.3 Å². The maximum absolute atomic E-state index is 11.3. The summed E-state index contributed by atoms with van der Waals surface area (Å²) in [5.74, 6) is 1.09. The molecule has 1 saturated heterocycles. The van der Waals surface area contributed by atoms with Crippen LogP contribution < -0.4 is 4.74 Å². The Kier molecular flexibility index (Phi) is 5.14. The number of ketones is 1. The number of benzene rings is 1. The molecule has 0 N–H and O–H groups in total. The lowest BCUT2D eigenvalue weighted by molar-refractivity contribution is -0.121. The van der Waals surface area contributed by atoms with E-state index < -0.39 is 0 Å². The molecule has 1 aromatic rings. The van der Waals surface area contributed by atoms with E-state index in [4.69, 9.17) is 4.74 Å². The van der Waals surface area contributed by atoms with E-state index in [1.54, 1.807) is 0 Å². The third-order valence-corrected chi connectivity index (χ3v) is 3.49. The fourth-order valence-corrected chi connectivity index (χ4v) is 2.39. The Balaban J connectivity index is 2.11. The summed E-state index contributed by atoms with van der Waals surface area (Å²) in [7, 11) is 0. The Morgan fingerprint density at radius 1 is 1.40 bits per heavy atom. The van der Waals surface area contributed by atoms with Gasteiger partial charge in [-0.05, 0) is 24.1 Å². The number of nitriles is 1. The van der Waals surface area contributed by atoms with E-state index in [0.717, 1.165) is 17.7 Å². The predicted octanol–water partition coefficient (Wildman–Crippen LogP) is 2.70. The minimum atomic E-state index is -0.298. The smallest absolute Gasteiger partial charge is 0.135 e. The van der Waals surface area contributed by atoms with Crippen molar-refractivity contribution in [2.45, 2.75) is 32.2 Å². The van der Waals surface area contributed by atoms with E-state index >= 15 is 0 Å². The molecule has 1 aromatic carbocycles. The van der Waals surface area contributed by atoms with Crippen LogP contribution in [0.3, 0.4) is 0 Å². The number of hydrogen-bond donors (Lipinski definition) is 0. The molecule has 2 rings (SSSR count). The standard InChI is InChI=1S/C16H20N2O2/c1-2-10-20-15-5-3-4-13(11-15)16(12-17)18-8-6-14(19)7-9-18/h3-5,11,16H,2,6-10H2,1H3. The molecule has 0 bridgehead atoms. The van der Waals surface area contributed by atoms with Crippen LogP contribution in [0.25, 0.3) is 0 Å². The van der Waals surface area contributed by atoms with Gasteiger partial charge >= 0.3 is 0 Å². The van der Waals surface area contributed by atoms with Gasteiger partial charge in [0.2, 0.25) is 0 Å². The molecule has 0 amide bonds. The van der Waals surface area contributed by atoms with Crippen LogP contribution in [0.2, 0.25) is 0 Å². The van der Waals surface area contributed by atoms with Gasteiger partial charge in [0.05, 0.1) is 12.7 Å². The molecule has 4 nitrogen and oxygen atoms in total. The highest BCUT2D eigenvalue weighted by atomic mass is 16.5. The third kappa shape index (κ3) is 3.58. The molecular weight excluding hydrogens is 252 g/mol. The Bertz CT molecular complexity index is 497. The number of likely N-dealkylation sites (tertiary alicyclic amines) is 1. The van der Waals surface area contributed by atoms with Gasteiger partial charge in [-0.25, -0.2) is 0 Å². The van der Waals surface area contributed by atoms with Crippen LogP contribution in [0.4, 0.5) is 0 Å². The molecule has 1 aliphatic rings. The SMILES string of the molecule is CCCOc1cccc(C(C#N)N2CCC(=O)CC2)c1. The van der Waals surface area contributed by atoms with Crippen molar-refractivity contribution < 1.29 is 9.53 Å². The number of Topliss-reactive ketones (excluding diaryl/α,β-unsaturated/α-hetero) is 1. The van der Waals surface area contributed by atoms with E-state index in [1.165, 1.54) is 0 Å². The molecule has 0 saturated carbocycles. The molecule has 1 atom stereocenters. The summed E-state index contributed by atoms with van der Waals surface area (Å²) in [5.41, 5.74) is 0.940. The van der Waals surface area contributed by atoms with Gasteiger partial charge in [0.15, 0.2) is 0 Å². The second-order valence-corrected chi connectivity index (χ2v) is 5.03. The Labute approximate surface area is 120 Å². The molecule has 0 aromatic heterocycles. The third-order valence-electron chi connectivity index (χ3n) is 3.49. The molecule has 1 fully saturated rings. The van der Waals surface area contributed by atoms with Crippen LogP contribution in [0.1, 0.15) is 37.8 Å². The number of rotatable bonds is 5. The van der Waals surface area contributed by atoms with E-state index in [9.17, 15) is 10.1 Å².